The zero-order chi connectivity index (χ0) is 14.5. The van der Waals surface area contributed by atoms with Crippen molar-refractivity contribution >= 4 is 5.70 Å². The van der Waals surface area contributed by atoms with Crippen molar-refractivity contribution in [3.8, 4) is 0 Å². The van der Waals surface area contributed by atoms with Gasteiger partial charge in [-0.15, -0.1) is 5.53 Å². The topological polar surface area (TPSA) is 18.5 Å². The Hall–Kier alpha value is -1.48. The van der Waals surface area contributed by atoms with Crippen molar-refractivity contribution in [2.24, 2.45) is 5.92 Å². The molecule has 0 aromatic heterocycles. The van der Waals surface area contributed by atoms with Gasteiger partial charge >= 0.3 is 0 Å². The molecule has 20 heavy (non-hydrogen) atoms. The lowest BCUT2D eigenvalue weighted by Crippen LogP contribution is -2.39. The van der Waals surface area contributed by atoms with E-state index in [1.165, 1.54) is 29.7 Å². The molecule has 0 fully saturated rings. The fraction of sp³-hybridized carbons (Fsp3) is 0.529. The minimum Gasteiger partial charge on any atom is -0.296 e. The standard InChI is InChI=1S/C17H27N3/c1-5-9-14(3)12-20-13-17(19(4)18-20)16-11-8-7-10-15(16)6-2/h7-8,10-11,13-14,18H,5-6,9,12H2,1-4H3. The van der Waals surface area contributed by atoms with E-state index in [2.05, 4.69) is 73.8 Å². The molecule has 0 radical (unpaired) electrons. The Kier molecular flexibility index (Phi) is 5.07. The largest absolute Gasteiger partial charge is 0.296 e. The second kappa shape index (κ2) is 6.80. The predicted octanol–water partition coefficient (Wildman–Crippen LogP) is 3.65. The van der Waals surface area contributed by atoms with E-state index >= 15 is 0 Å². The summed E-state index contributed by atoms with van der Waals surface area (Å²) in [6.07, 6.45) is 5.82. The van der Waals surface area contributed by atoms with Crippen LogP contribution in [0.1, 0.15) is 44.7 Å². The molecule has 2 rings (SSSR count). The van der Waals surface area contributed by atoms with Gasteiger partial charge in [-0.3, -0.25) is 10.0 Å². The zero-order valence-corrected chi connectivity index (χ0v) is 13.2. The van der Waals surface area contributed by atoms with Crippen molar-refractivity contribution in [2.45, 2.75) is 40.0 Å². The predicted molar refractivity (Wildman–Crippen MR) is 85.5 cm³/mol. The first kappa shape index (κ1) is 14.9. The monoisotopic (exact) mass is 273 g/mol. The number of nitrogens with one attached hydrogen (secondary N) is 1. The van der Waals surface area contributed by atoms with E-state index in [9.17, 15) is 0 Å². The molecule has 1 unspecified atom stereocenters. The van der Waals surface area contributed by atoms with Gasteiger partial charge in [-0.1, -0.05) is 51.5 Å². The Morgan fingerprint density at radius 2 is 1.95 bits per heavy atom. The van der Waals surface area contributed by atoms with Gasteiger partial charge in [0.05, 0.1) is 5.70 Å². The molecule has 1 aromatic carbocycles. The highest BCUT2D eigenvalue weighted by Crippen LogP contribution is 2.25. The lowest BCUT2D eigenvalue weighted by atomic mass is 10.0. The summed E-state index contributed by atoms with van der Waals surface area (Å²) in [5.41, 5.74) is 7.40. The molecular weight excluding hydrogens is 246 g/mol. The third-order valence-corrected chi connectivity index (χ3v) is 3.88. The fourth-order valence-electron chi connectivity index (χ4n) is 2.85. The molecule has 1 heterocycles. The summed E-state index contributed by atoms with van der Waals surface area (Å²) < 4.78 is 0. The molecule has 0 aliphatic carbocycles. The molecule has 0 bridgehead atoms. The van der Waals surface area contributed by atoms with Crippen LogP contribution in [0.3, 0.4) is 0 Å². The molecule has 1 aliphatic heterocycles. The Morgan fingerprint density at radius 1 is 1.20 bits per heavy atom. The van der Waals surface area contributed by atoms with E-state index in [4.69, 9.17) is 0 Å². The molecule has 1 atom stereocenters. The van der Waals surface area contributed by atoms with Crippen molar-refractivity contribution < 1.29 is 0 Å². The average Bonchev–Trinajstić information content (AvgIpc) is 2.79. The first-order valence-electron chi connectivity index (χ1n) is 7.72. The number of aryl methyl sites for hydroxylation is 1. The van der Waals surface area contributed by atoms with Crippen molar-refractivity contribution in [2.75, 3.05) is 13.6 Å². The van der Waals surface area contributed by atoms with Crippen molar-refractivity contribution in [1.29, 1.82) is 0 Å². The van der Waals surface area contributed by atoms with Crippen LogP contribution in [0.2, 0.25) is 0 Å². The second-order valence-electron chi connectivity index (χ2n) is 5.73. The van der Waals surface area contributed by atoms with Gasteiger partial charge in [0.2, 0.25) is 0 Å². The molecule has 3 heteroatoms. The number of nitrogens with zero attached hydrogens (tertiary/aromatic N) is 2. The molecule has 1 aromatic rings. The minimum absolute atomic E-state index is 0.706. The molecular formula is C17H27N3. The number of hydrogen-bond acceptors (Lipinski definition) is 3. The van der Waals surface area contributed by atoms with E-state index in [0.29, 0.717) is 5.92 Å². The van der Waals surface area contributed by atoms with Crippen molar-refractivity contribution in [1.82, 2.24) is 15.6 Å². The number of rotatable bonds is 6. The Bertz CT molecular complexity index is 467. The number of benzene rings is 1. The van der Waals surface area contributed by atoms with Crippen LogP contribution in [-0.4, -0.2) is 23.6 Å². The average molecular weight is 273 g/mol. The SMILES string of the molecule is CCCC(C)CN1C=C(c2ccccc2CC)N(C)N1. The first-order valence-corrected chi connectivity index (χ1v) is 7.72. The van der Waals surface area contributed by atoms with Gasteiger partial charge in [0, 0.05) is 25.4 Å². The highest BCUT2D eigenvalue weighted by Gasteiger charge is 2.21. The van der Waals surface area contributed by atoms with Gasteiger partial charge in [-0.05, 0) is 24.3 Å². The summed E-state index contributed by atoms with van der Waals surface area (Å²) in [5.74, 6) is 0.706. The molecule has 1 N–H and O–H groups in total. The molecule has 0 saturated heterocycles. The minimum atomic E-state index is 0.706. The lowest BCUT2D eigenvalue weighted by molar-refractivity contribution is 0.147. The molecule has 0 saturated carbocycles. The van der Waals surface area contributed by atoms with Crippen LogP contribution in [0, 0.1) is 5.92 Å². The Morgan fingerprint density at radius 3 is 2.65 bits per heavy atom. The molecule has 110 valence electrons. The highest BCUT2D eigenvalue weighted by molar-refractivity contribution is 5.67. The molecule has 0 amide bonds. The third kappa shape index (κ3) is 3.34. The lowest BCUT2D eigenvalue weighted by Gasteiger charge is -2.23. The van der Waals surface area contributed by atoms with Crippen LogP contribution < -0.4 is 5.53 Å². The number of hydrazine groups is 2. The third-order valence-electron chi connectivity index (χ3n) is 3.88. The van der Waals surface area contributed by atoms with Crippen LogP contribution in [0.5, 0.6) is 0 Å². The number of hydrogen-bond donors (Lipinski definition) is 1. The van der Waals surface area contributed by atoms with E-state index in [1.54, 1.807) is 0 Å². The first-order chi connectivity index (χ1) is 9.65. The van der Waals surface area contributed by atoms with Gasteiger partial charge in [0.25, 0.3) is 0 Å². The van der Waals surface area contributed by atoms with E-state index in [0.717, 1.165) is 13.0 Å². The van der Waals surface area contributed by atoms with Gasteiger partial charge in [-0.25, -0.2) is 0 Å². The van der Waals surface area contributed by atoms with Crippen LogP contribution in [0.15, 0.2) is 30.5 Å². The van der Waals surface area contributed by atoms with Crippen molar-refractivity contribution in [3.63, 3.8) is 0 Å². The normalized spacial score (nSPS) is 16.5. The zero-order valence-electron chi connectivity index (χ0n) is 13.2. The van der Waals surface area contributed by atoms with E-state index in [-0.39, 0.29) is 0 Å². The maximum absolute atomic E-state index is 3.42. The van der Waals surface area contributed by atoms with Gasteiger partial charge in [0.1, 0.15) is 0 Å². The van der Waals surface area contributed by atoms with E-state index < -0.39 is 0 Å². The van der Waals surface area contributed by atoms with Crippen LogP contribution >= 0.6 is 0 Å². The van der Waals surface area contributed by atoms with E-state index in [1.807, 2.05) is 0 Å². The van der Waals surface area contributed by atoms with Crippen LogP contribution in [-0.2, 0) is 6.42 Å². The van der Waals surface area contributed by atoms with Gasteiger partial charge in [-0.2, -0.15) is 0 Å². The fourth-order valence-corrected chi connectivity index (χ4v) is 2.85. The van der Waals surface area contributed by atoms with Gasteiger partial charge < -0.3 is 0 Å². The van der Waals surface area contributed by atoms with Crippen LogP contribution in [0.4, 0.5) is 0 Å². The maximum Gasteiger partial charge on any atom is 0.0783 e. The quantitative estimate of drug-likeness (QED) is 0.853. The smallest absolute Gasteiger partial charge is 0.0783 e. The summed E-state index contributed by atoms with van der Waals surface area (Å²) in [4.78, 5) is 0. The summed E-state index contributed by atoms with van der Waals surface area (Å²) in [7, 11) is 2.09. The summed E-state index contributed by atoms with van der Waals surface area (Å²) in [5, 5.41) is 4.33. The summed E-state index contributed by atoms with van der Waals surface area (Å²) in [6.45, 7) is 7.83. The second-order valence-corrected chi connectivity index (χ2v) is 5.73. The van der Waals surface area contributed by atoms with Crippen LogP contribution in [0.25, 0.3) is 5.70 Å². The molecule has 1 aliphatic rings. The highest BCUT2D eigenvalue weighted by atomic mass is 15.8. The maximum atomic E-state index is 3.42. The molecule has 0 spiro atoms. The molecule has 3 nitrogen and oxygen atoms in total. The summed E-state index contributed by atoms with van der Waals surface area (Å²) >= 11 is 0. The van der Waals surface area contributed by atoms with Gasteiger partial charge in [0.15, 0.2) is 0 Å². The Labute approximate surface area is 123 Å². The summed E-state index contributed by atoms with van der Waals surface area (Å²) in [6, 6.07) is 8.66. The van der Waals surface area contributed by atoms with Crippen molar-refractivity contribution in [3.05, 3.63) is 41.6 Å². The Balaban J connectivity index is 2.15.